The minimum Gasteiger partial charge on any atom is -0.383 e. The summed E-state index contributed by atoms with van der Waals surface area (Å²) >= 11 is 0. The van der Waals surface area contributed by atoms with Crippen LogP contribution in [0.15, 0.2) is 18.2 Å². The number of anilines is 1. The van der Waals surface area contributed by atoms with Gasteiger partial charge < -0.3 is 15.0 Å². The molecule has 0 fully saturated rings. The Hall–Kier alpha value is -1.13. The first-order chi connectivity index (χ1) is 9.60. The summed E-state index contributed by atoms with van der Waals surface area (Å²) in [6.07, 6.45) is 0. The first-order valence-electron chi connectivity index (χ1n) is 7.32. The molecule has 1 N–H and O–H groups in total. The molecule has 0 aromatic heterocycles. The molecular weight excluding hydrogens is 255 g/mol. The standard InChI is InChI=1S/C16H27FN2O/c1-5-19(12-13(2)3)16-14(7-6-8-15(16)17)11-18-9-10-20-4/h6-8,13,18H,5,9-12H2,1-4H3. The predicted molar refractivity (Wildman–Crippen MR) is 82.7 cm³/mol. The Morgan fingerprint density at radius 1 is 1.35 bits per heavy atom. The zero-order chi connectivity index (χ0) is 15.0. The molecule has 0 aliphatic rings. The number of ether oxygens (including phenoxy) is 1. The number of benzene rings is 1. The highest BCUT2D eigenvalue weighted by Crippen LogP contribution is 2.25. The smallest absolute Gasteiger partial charge is 0.146 e. The van der Waals surface area contributed by atoms with E-state index in [0.29, 0.717) is 19.1 Å². The number of nitrogens with zero attached hydrogens (tertiary/aromatic N) is 1. The number of hydrogen-bond donors (Lipinski definition) is 1. The van der Waals surface area contributed by atoms with Gasteiger partial charge in [0.05, 0.1) is 12.3 Å². The number of hydrogen-bond acceptors (Lipinski definition) is 3. The lowest BCUT2D eigenvalue weighted by atomic mass is 10.1. The van der Waals surface area contributed by atoms with Gasteiger partial charge in [-0.25, -0.2) is 4.39 Å². The van der Waals surface area contributed by atoms with Gasteiger partial charge in [-0.05, 0) is 24.5 Å². The second-order valence-corrected chi connectivity index (χ2v) is 5.35. The molecule has 0 atom stereocenters. The van der Waals surface area contributed by atoms with Crippen molar-refractivity contribution >= 4 is 5.69 Å². The lowest BCUT2D eigenvalue weighted by Crippen LogP contribution is -2.30. The maximum atomic E-state index is 14.2. The molecule has 0 bridgehead atoms. The van der Waals surface area contributed by atoms with E-state index in [4.69, 9.17) is 4.74 Å². The quantitative estimate of drug-likeness (QED) is 0.705. The number of halogens is 1. The van der Waals surface area contributed by atoms with Crippen molar-refractivity contribution < 1.29 is 9.13 Å². The van der Waals surface area contributed by atoms with E-state index in [1.165, 1.54) is 6.07 Å². The Bertz CT molecular complexity index is 396. The molecule has 0 aliphatic heterocycles. The van der Waals surface area contributed by atoms with Gasteiger partial charge in [0.15, 0.2) is 0 Å². The van der Waals surface area contributed by atoms with Crippen molar-refractivity contribution in [2.24, 2.45) is 5.92 Å². The summed E-state index contributed by atoms with van der Waals surface area (Å²) in [6, 6.07) is 5.30. The fourth-order valence-corrected chi connectivity index (χ4v) is 2.27. The van der Waals surface area contributed by atoms with Crippen molar-refractivity contribution in [3.8, 4) is 0 Å². The highest BCUT2D eigenvalue weighted by molar-refractivity contribution is 5.55. The maximum Gasteiger partial charge on any atom is 0.146 e. The molecule has 0 unspecified atom stereocenters. The topological polar surface area (TPSA) is 24.5 Å². The summed E-state index contributed by atoms with van der Waals surface area (Å²) in [5.74, 6) is 0.363. The van der Waals surface area contributed by atoms with E-state index < -0.39 is 0 Å². The summed E-state index contributed by atoms with van der Waals surface area (Å²) in [5, 5.41) is 3.28. The molecule has 1 aromatic carbocycles. The second-order valence-electron chi connectivity index (χ2n) is 5.35. The van der Waals surface area contributed by atoms with Crippen LogP contribution in [0.4, 0.5) is 10.1 Å². The molecule has 0 saturated heterocycles. The monoisotopic (exact) mass is 282 g/mol. The van der Waals surface area contributed by atoms with Crippen molar-refractivity contribution in [3.63, 3.8) is 0 Å². The molecule has 20 heavy (non-hydrogen) atoms. The van der Waals surface area contributed by atoms with E-state index >= 15 is 0 Å². The molecule has 0 radical (unpaired) electrons. The van der Waals surface area contributed by atoms with E-state index in [9.17, 15) is 4.39 Å². The molecule has 1 aromatic rings. The van der Waals surface area contributed by atoms with Crippen LogP contribution < -0.4 is 10.2 Å². The second kappa shape index (κ2) is 8.93. The lowest BCUT2D eigenvalue weighted by Gasteiger charge is -2.28. The van der Waals surface area contributed by atoms with E-state index in [0.717, 1.165) is 30.9 Å². The van der Waals surface area contributed by atoms with Gasteiger partial charge in [-0.2, -0.15) is 0 Å². The van der Waals surface area contributed by atoms with Crippen molar-refractivity contribution in [1.82, 2.24) is 5.32 Å². The van der Waals surface area contributed by atoms with Crippen molar-refractivity contribution in [2.45, 2.75) is 27.3 Å². The fourth-order valence-electron chi connectivity index (χ4n) is 2.27. The summed E-state index contributed by atoms with van der Waals surface area (Å²) in [5.41, 5.74) is 1.73. The molecular formula is C16H27FN2O. The molecule has 1 rings (SSSR count). The van der Waals surface area contributed by atoms with Crippen molar-refractivity contribution in [3.05, 3.63) is 29.6 Å². The zero-order valence-corrected chi connectivity index (χ0v) is 13.1. The van der Waals surface area contributed by atoms with Crippen LogP contribution in [0.2, 0.25) is 0 Å². The van der Waals surface area contributed by atoms with Crippen LogP contribution in [0.5, 0.6) is 0 Å². The van der Waals surface area contributed by atoms with Crippen LogP contribution in [-0.2, 0) is 11.3 Å². The van der Waals surface area contributed by atoms with Crippen LogP contribution in [0.1, 0.15) is 26.3 Å². The summed E-state index contributed by atoms with van der Waals surface area (Å²) in [6.45, 7) is 10.1. The minimum absolute atomic E-state index is 0.140. The third-order valence-electron chi connectivity index (χ3n) is 3.15. The number of methoxy groups -OCH3 is 1. The summed E-state index contributed by atoms with van der Waals surface area (Å²) < 4.78 is 19.2. The Labute approximate surface area is 122 Å². The van der Waals surface area contributed by atoms with Gasteiger partial charge in [-0.1, -0.05) is 26.0 Å². The summed E-state index contributed by atoms with van der Waals surface area (Å²) in [7, 11) is 1.68. The van der Waals surface area contributed by atoms with Crippen molar-refractivity contribution in [1.29, 1.82) is 0 Å². The lowest BCUT2D eigenvalue weighted by molar-refractivity contribution is 0.199. The summed E-state index contributed by atoms with van der Waals surface area (Å²) in [4.78, 5) is 2.12. The Kier molecular flexibility index (Phi) is 7.55. The van der Waals surface area contributed by atoms with E-state index in [1.807, 2.05) is 6.07 Å². The van der Waals surface area contributed by atoms with Crippen LogP contribution in [0, 0.1) is 11.7 Å². The van der Waals surface area contributed by atoms with Crippen LogP contribution in [-0.4, -0.2) is 33.4 Å². The number of nitrogens with one attached hydrogen (secondary N) is 1. The minimum atomic E-state index is -0.140. The van der Waals surface area contributed by atoms with Gasteiger partial charge in [0, 0.05) is 33.3 Å². The molecule has 0 amide bonds. The Morgan fingerprint density at radius 3 is 2.70 bits per heavy atom. The zero-order valence-electron chi connectivity index (χ0n) is 13.1. The third-order valence-corrected chi connectivity index (χ3v) is 3.15. The maximum absolute atomic E-state index is 14.2. The highest BCUT2D eigenvalue weighted by Gasteiger charge is 2.15. The van der Waals surface area contributed by atoms with Gasteiger partial charge in [0.1, 0.15) is 5.82 Å². The molecule has 0 saturated carbocycles. The van der Waals surface area contributed by atoms with Crippen molar-refractivity contribution in [2.75, 3.05) is 38.3 Å². The van der Waals surface area contributed by atoms with Crippen LogP contribution >= 0.6 is 0 Å². The van der Waals surface area contributed by atoms with Gasteiger partial charge in [-0.15, -0.1) is 0 Å². The molecule has 3 nitrogen and oxygen atoms in total. The van der Waals surface area contributed by atoms with Gasteiger partial charge in [0.25, 0.3) is 0 Å². The average molecular weight is 282 g/mol. The first kappa shape index (κ1) is 16.9. The van der Waals surface area contributed by atoms with Gasteiger partial charge in [0.2, 0.25) is 0 Å². The third kappa shape index (κ3) is 5.10. The molecule has 4 heteroatoms. The van der Waals surface area contributed by atoms with Crippen LogP contribution in [0.3, 0.4) is 0 Å². The van der Waals surface area contributed by atoms with Gasteiger partial charge in [-0.3, -0.25) is 0 Å². The SMILES string of the molecule is CCN(CC(C)C)c1c(F)cccc1CNCCOC. The number of para-hydroxylation sites is 1. The van der Waals surface area contributed by atoms with Gasteiger partial charge >= 0.3 is 0 Å². The van der Waals surface area contributed by atoms with Crippen LogP contribution in [0.25, 0.3) is 0 Å². The Balaban J connectivity index is 2.85. The predicted octanol–water partition coefficient (Wildman–Crippen LogP) is 3.04. The van der Waals surface area contributed by atoms with E-state index in [-0.39, 0.29) is 5.82 Å². The molecule has 0 aliphatic carbocycles. The highest BCUT2D eigenvalue weighted by atomic mass is 19.1. The van der Waals surface area contributed by atoms with E-state index in [2.05, 4.69) is 31.0 Å². The average Bonchev–Trinajstić information content (AvgIpc) is 2.41. The molecule has 0 heterocycles. The Morgan fingerprint density at radius 2 is 2.10 bits per heavy atom. The number of rotatable bonds is 9. The first-order valence-corrected chi connectivity index (χ1v) is 7.32. The normalized spacial score (nSPS) is 11.1. The molecule has 114 valence electrons. The fraction of sp³-hybridized carbons (Fsp3) is 0.625. The largest absolute Gasteiger partial charge is 0.383 e. The van der Waals surface area contributed by atoms with E-state index in [1.54, 1.807) is 13.2 Å². The molecule has 0 spiro atoms.